The van der Waals surface area contributed by atoms with Crippen molar-refractivity contribution in [1.82, 2.24) is 19.7 Å². The van der Waals surface area contributed by atoms with E-state index < -0.39 is 5.41 Å². The number of nitrogens with zero attached hydrogens (tertiary/aromatic N) is 4. The van der Waals surface area contributed by atoms with Gasteiger partial charge in [0.2, 0.25) is 17.7 Å². The van der Waals surface area contributed by atoms with Crippen molar-refractivity contribution in [3.63, 3.8) is 0 Å². The van der Waals surface area contributed by atoms with Crippen LogP contribution < -0.4 is 0 Å². The highest BCUT2D eigenvalue weighted by atomic mass is 16.2. The lowest BCUT2D eigenvalue weighted by Crippen LogP contribution is -2.53. The lowest BCUT2D eigenvalue weighted by atomic mass is 9.74. The van der Waals surface area contributed by atoms with Crippen LogP contribution in [-0.2, 0) is 26.3 Å². The SMILES string of the molecule is Cc1ccccc1C1(CC(=O)N2CCN(C3CCCC3)CC2)CC(=O)N(Cc2ccncc2)C1=O. The summed E-state index contributed by atoms with van der Waals surface area (Å²) in [6.45, 7) is 5.28. The number of carbonyl (C=O) groups excluding carboxylic acids is 3. The van der Waals surface area contributed by atoms with Gasteiger partial charge in [-0.1, -0.05) is 37.1 Å². The Bertz CT molecular complexity index is 1090. The molecule has 184 valence electrons. The molecule has 0 N–H and O–H groups in total. The second-order valence-electron chi connectivity index (χ2n) is 10.2. The molecule has 3 heterocycles. The molecule has 1 aromatic carbocycles. The molecule has 0 spiro atoms. The zero-order valence-electron chi connectivity index (χ0n) is 20.5. The maximum Gasteiger partial charge on any atom is 0.241 e. The number of rotatable bonds is 6. The first kappa shape index (κ1) is 23.7. The number of aromatic nitrogens is 1. The van der Waals surface area contributed by atoms with Crippen LogP contribution in [-0.4, -0.2) is 69.6 Å². The first-order chi connectivity index (χ1) is 17.0. The molecule has 1 aromatic heterocycles. The summed E-state index contributed by atoms with van der Waals surface area (Å²) in [5.41, 5.74) is 1.40. The van der Waals surface area contributed by atoms with Crippen molar-refractivity contribution in [1.29, 1.82) is 0 Å². The van der Waals surface area contributed by atoms with Crippen molar-refractivity contribution in [2.45, 2.75) is 63.5 Å². The fraction of sp³-hybridized carbons (Fsp3) is 0.500. The quantitative estimate of drug-likeness (QED) is 0.602. The summed E-state index contributed by atoms with van der Waals surface area (Å²) in [6.07, 6.45) is 8.48. The minimum absolute atomic E-state index is 0.0234. The van der Waals surface area contributed by atoms with Crippen molar-refractivity contribution in [3.05, 3.63) is 65.5 Å². The summed E-state index contributed by atoms with van der Waals surface area (Å²) in [4.78, 5) is 50.5. The van der Waals surface area contributed by atoms with E-state index in [1.54, 1.807) is 12.4 Å². The number of pyridine rings is 1. The molecule has 7 heteroatoms. The normalized spacial score (nSPS) is 23.9. The van der Waals surface area contributed by atoms with E-state index in [9.17, 15) is 14.4 Å². The Morgan fingerprint density at radius 2 is 1.69 bits per heavy atom. The van der Waals surface area contributed by atoms with Crippen LogP contribution in [0.5, 0.6) is 0 Å². The third-order valence-electron chi connectivity index (χ3n) is 8.12. The van der Waals surface area contributed by atoms with Gasteiger partial charge in [0.15, 0.2) is 0 Å². The summed E-state index contributed by atoms with van der Waals surface area (Å²) in [5.74, 6) is -0.535. The van der Waals surface area contributed by atoms with E-state index in [4.69, 9.17) is 0 Å². The van der Waals surface area contributed by atoms with Crippen molar-refractivity contribution >= 4 is 17.7 Å². The molecule has 3 fully saturated rings. The maximum atomic E-state index is 13.9. The van der Waals surface area contributed by atoms with Crippen LogP contribution in [0.4, 0.5) is 0 Å². The second-order valence-corrected chi connectivity index (χ2v) is 10.2. The van der Waals surface area contributed by atoms with Crippen LogP contribution in [0.15, 0.2) is 48.8 Å². The van der Waals surface area contributed by atoms with Gasteiger partial charge in [0.1, 0.15) is 0 Å². The molecular weight excluding hydrogens is 440 g/mol. The molecule has 0 bridgehead atoms. The highest BCUT2D eigenvalue weighted by Crippen LogP contribution is 2.42. The molecule has 1 aliphatic carbocycles. The van der Waals surface area contributed by atoms with Gasteiger partial charge in [-0.05, 0) is 48.6 Å². The molecule has 2 aromatic rings. The highest BCUT2D eigenvalue weighted by molar-refractivity contribution is 6.10. The van der Waals surface area contributed by atoms with Crippen LogP contribution in [0.2, 0.25) is 0 Å². The third-order valence-corrected chi connectivity index (χ3v) is 8.12. The van der Waals surface area contributed by atoms with Gasteiger partial charge >= 0.3 is 0 Å². The number of imide groups is 1. The molecule has 2 aliphatic heterocycles. The highest BCUT2D eigenvalue weighted by Gasteiger charge is 2.54. The fourth-order valence-corrected chi connectivity index (χ4v) is 6.16. The van der Waals surface area contributed by atoms with Crippen LogP contribution in [0.1, 0.15) is 55.2 Å². The molecule has 1 unspecified atom stereocenters. The van der Waals surface area contributed by atoms with Gasteiger partial charge in [0, 0.05) is 57.5 Å². The zero-order chi connectivity index (χ0) is 24.4. The standard InChI is InChI=1S/C28H34N4O3/c1-21-6-2-5-9-24(21)28(19-26(34)32(27(28)35)20-22-10-12-29-13-11-22)18-25(33)31-16-14-30(15-17-31)23-7-3-4-8-23/h2,5-6,9-13,23H,3-4,7-8,14-20H2,1H3. The fourth-order valence-electron chi connectivity index (χ4n) is 6.16. The van der Waals surface area contributed by atoms with Gasteiger partial charge in [-0.2, -0.15) is 0 Å². The van der Waals surface area contributed by atoms with Gasteiger partial charge < -0.3 is 4.90 Å². The smallest absolute Gasteiger partial charge is 0.241 e. The van der Waals surface area contributed by atoms with E-state index >= 15 is 0 Å². The molecule has 3 amide bonds. The molecule has 0 radical (unpaired) electrons. The maximum absolute atomic E-state index is 13.9. The number of hydrogen-bond donors (Lipinski definition) is 0. The summed E-state index contributed by atoms with van der Waals surface area (Å²) in [6, 6.07) is 11.9. The summed E-state index contributed by atoms with van der Waals surface area (Å²) < 4.78 is 0. The number of carbonyl (C=O) groups is 3. The minimum atomic E-state index is -1.16. The monoisotopic (exact) mass is 474 g/mol. The average molecular weight is 475 g/mol. The number of aryl methyl sites for hydroxylation is 1. The number of likely N-dealkylation sites (tertiary alicyclic amines) is 1. The Morgan fingerprint density at radius 1 is 1.00 bits per heavy atom. The minimum Gasteiger partial charge on any atom is -0.340 e. The van der Waals surface area contributed by atoms with Gasteiger partial charge in [0.05, 0.1) is 12.0 Å². The number of hydrogen-bond acceptors (Lipinski definition) is 5. The zero-order valence-corrected chi connectivity index (χ0v) is 20.5. The largest absolute Gasteiger partial charge is 0.340 e. The number of piperazine rings is 1. The van der Waals surface area contributed by atoms with Crippen LogP contribution in [0.25, 0.3) is 0 Å². The molecule has 1 atom stereocenters. The molecular formula is C28H34N4O3. The van der Waals surface area contributed by atoms with Gasteiger partial charge in [-0.15, -0.1) is 0 Å². The molecule has 1 saturated carbocycles. The Morgan fingerprint density at radius 3 is 2.37 bits per heavy atom. The average Bonchev–Trinajstić information content (AvgIpc) is 3.49. The Balaban J connectivity index is 1.37. The van der Waals surface area contributed by atoms with Crippen LogP contribution in [0.3, 0.4) is 0 Å². The summed E-state index contributed by atoms with van der Waals surface area (Å²) in [5, 5.41) is 0. The van der Waals surface area contributed by atoms with Crippen LogP contribution in [0, 0.1) is 6.92 Å². The predicted molar refractivity (Wildman–Crippen MR) is 132 cm³/mol. The topological polar surface area (TPSA) is 73.8 Å². The van der Waals surface area contributed by atoms with E-state index in [0.29, 0.717) is 19.1 Å². The van der Waals surface area contributed by atoms with E-state index in [0.717, 1.165) is 29.8 Å². The second kappa shape index (κ2) is 9.90. The van der Waals surface area contributed by atoms with E-state index in [2.05, 4.69) is 9.88 Å². The Kier molecular flexibility index (Phi) is 6.69. The summed E-state index contributed by atoms with van der Waals surface area (Å²) in [7, 11) is 0. The molecule has 2 saturated heterocycles. The Labute approximate surface area is 207 Å². The molecule has 35 heavy (non-hydrogen) atoms. The third kappa shape index (κ3) is 4.61. The number of benzene rings is 1. The van der Waals surface area contributed by atoms with E-state index in [1.807, 2.05) is 48.2 Å². The van der Waals surface area contributed by atoms with Gasteiger partial charge in [0.25, 0.3) is 0 Å². The molecule has 5 rings (SSSR count). The molecule has 3 aliphatic rings. The lowest BCUT2D eigenvalue weighted by molar-refractivity contribution is -0.143. The van der Waals surface area contributed by atoms with Crippen molar-refractivity contribution < 1.29 is 14.4 Å². The first-order valence-corrected chi connectivity index (χ1v) is 12.8. The predicted octanol–water partition coefficient (Wildman–Crippen LogP) is 3.06. The van der Waals surface area contributed by atoms with Crippen molar-refractivity contribution in [3.8, 4) is 0 Å². The van der Waals surface area contributed by atoms with Crippen molar-refractivity contribution in [2.24, 2.45) is 0 Å². The van der Waals surface area contributed by atoms with E-state index in [1.165, 1.54) is 30.6 Å². The van der Waals surface area contributed by atoms with Gasteiger partial charge in [-0.25, -0.2) is 0 Å². The van der Waals surface area contributed by atoms with Gasteiger partial charge in [-0.3, -0.25) is 29.2 Å². The van der Waals surface area contributed by atoms with Crippen LogP contribution >= 0.6 is 0 Å². The molecule has 7 nitrogen and oxygen atoms in total. The lowest BCUT2D eigenvalue weighted by Gasteiger charge is -2.39. The number of amides is 3. The van der Waals surface area contributed by atoms with Crippen molar-refractivity contribution in [2.75, 3.05) is 26.2 Å². The summed E-state index contributed by atoms with van der Waals surface area (Å²) >= 11 is 0. The van der Waals surface area contributed by atoms with E-state index in [-0.39, 0.29) is 37.1 Å². The Hall–Kier alpha value is -3.06. The first-order valence-electron chi connectivity index (χ1n) is 12.8.